The van der Waals surface area contributed by atoms with E-state index in [0.29, 0.717) is 13.0 Å². The quantitative estimate of drug-likeness (QED) is 0.255. The predicted molar refractivity (Wildman–Crippen MR) is 163 cm³/mol. The fourth-order valence-electron chi connectivity index (χ4n) is 6.95. The fourth-order valence-corrected chi connectivity index (χ4v) is 8.19. The molecule has 236 valence electrons. The van der Waals surface area contributed by atoms with Crippen LogP contribution in [-0.2, 0) is 0 Å². The molecule has 7 rings (SSSR count). The highest BCUT2D eigenvalue weighted by Gasteiger charge is 2.49. The summed E-state index contributed by atoms with van der Waals surface area (Å²) >= 11 is 7.55. The molecule has 2 aromatic carbocycles. The first-order valence-corrected chi connectivity index (χ1v) is 15.7. The van der Waals surface area contributed by atoms with E-state index in [1.165, 1.54) is 17.0 Å². The highest BCUT2D eigenvalue weighted by Crippen LogP contribution is 2.46. The number of nitrogens with two attached hydrogens (primary N) is 1. The minimum Gasteiger partial charge on any atom is -0.461 e. The molecule has 4 aromatic rings. The monoisotopic (exact) mass is 663 g/mol. The average molecular weight is 664 g/mol. The van der Waals surface area contributed by atoms with Gasteiger partial charge in [-0.25, -0.2) is 22.0 Å². The van der Waals surface area contributed by atoms with Gasteiger partial charge in [0.15, 0.2) is 5.82 Å². The lowest BCUT2D eigenvalue weighted by Gasteiger charge is -2.31. The number of fused-ring (bicyclic) bond motifs is 3. The highest BCUT2D eigenvalue weighted by atomic mass is 35.5. The SMILES string of the molecule is N#Cc1c(N)sc2c(F)ccc(-c3c(Cl)cc4c(N5CCNCC(F)(F)C5)nc(OC[C@@]56CCCN5C[C@H](F)C6)nc4c3F)c12. The Hall–Kier alpha value is -3.51. The number of nitrogens with one attached hydrogen (secondary N) is 1. The van der Waals surface area contributed by atoms with Gasteiger partial charge in [-0.2, -0.15) is 15.2 Å². The first kappa shape index (κ1) is 30.2. The molecule has 3 N–H and O–H groups in total. The topological polar surface area (TPSA) is 103 Å². The third kappa shape index (κ3) is 5.10. The number of hydrogen-bond donors (Lipinski definition) is 2. The zero-order chi connectivity index (χ0) is 31.7. The number of anilines is 2. The van der Waals surface area contributed by atoms with Crippen LogP contribution in [0.5, 0.6) is 6.01 Å². The lowest BCUT2D eigenvalue weighted by atomic mass is 9.95. The summed E-state index contributed by atoms with van der Waals surface area (Å²) in [6, 6.07) is 5.53. The van der Waals surface area contributed by atoms with Gasteiger partial charge in [0.2, 0.25) is 0 Å². The largest absolute Gasteiger partial charge is 0.461 e. The molecular weight excluding hydrogens is 637 g/mol. The molecule has 2 atom stereocenters. The molecule has 3 saturated heterocycles. The van der Waals surface area contributed by atoms with Crippen LogP contribution < -0.4 is 20.7 Å². The van der Waals surface area contributed by atoms with E-state index in [1.54, 1.807) is 0 Å². The number of nitrogen functional groups attached to an aromatic ring is 1. The van der Waals surface area contributed by atoms with Crippen LogP contribution in [0.15, 0.2) is 18.2 Å². The second kappa shape index (κ2) is 11.1. The molecule has 0 amide bonds. The van der Waals surface area contributed by atoms with E-state index in [0.717, 1.165) is 30.4 Å². The van der Waals surface area contributed by atoms with Gasteiger partial charge in [-0.15, -0.1) is 11.3 Å². The van der Waals surface area contributed by atoms with Gasteiger partial charge in [0, 0.05) is 42.4 Å². The minimum atomic E-state index is -3.12. The third-order valence-electron chi connectivity index (χ3n) is 8.94. The fraction of sp³-hybridized carbons (Fsp3) is 0.433. The summed E-state index contributed by atoms with van der Waals surface area (Å²) < 4.78 is 81.6. The predicted octanol–water partition coefficient (Wildman–Crippen LogP) is 5.90. The lowest BCUT2D eigenvalue weighted by molar-refractivity contribution is 0.0156. The molecule has 0 radical (unpaired) electrons. The van der Waals surface area contributed by atoms with Crippen molar-refractivity contribution >= 4 is 54.7 Å². The van der Waals surface area contributed by atoms with Crippen molar-refractivity contribution in [1.82, 2.24) is 20.2 Å². The number of thiophene rings is 1. The normalized spacial score (nSPS) is 23.4. The maximum atomic E-state index is 16.8. The zero-order valence-electron chi connectivity index (χ0n) is 23.8. The van der Waals surface area contributed by atoms with E-state index in [1.807, 2.05) is 11.0 Å². The Morgan fingerprint density at radius 2 is 2.07 bits per heavy atom. The van der Waals surface area contributed by atoms with Crippen LogP contribution in [0.4, 0.5) is 32.8 Å². The minimum absolute atomic E-state index is 0.00281. The summed E-state index contributed by atoms with van der Waals surface area (Å²) in [5.74, 6) is -4.68. The molecule has 45 heavy (non-hydrogen) atoms. The average Bonchev–Trinajstić information content (AvgIpc) is 3.59. The molecule has 8 nitrogen and oxygen atoms in total. The Kier molecular flexibility index (Phi) is 7.43. The number of halogens is 6. The van der Waals surface area contributed by atoms with Crippen molar-refractivity contribution in [3.8, 4) is 23.2 Å². The lowest BCUT2D eigenvalue weighted by Crippen LogP contribution is -2.43. The van der Waals surface area contributed by atoms with Gasteiger partial charge in [-0.05, 0) is 37.1 Å². The summed E-state index contributed by atoms with van der Waals surface area (Å²) in [6.07, 6.45) is 0.846. The maximum Gasteiger partial charge on any atom is 0.319 e. The van der Waals surface area contributed by atoms with Crippen molar-refractivity contribution in [2.75, 3.05) is 56.5 Å². The van der Waals surface area contributed by atoms with Crippen LogP contribution in [-0.4, -0.2) is 78.4 Å². The first-order valence-electron chi connectivity index (χ1n) is 14.5. The molecule has 5 heterocycles. The van der Waals surface area contributed by atoms with E-state index in [4.69, 9.17) is 22.1 Å². The van der Waals surface area contributed by atoms with Crippen molar-refractivity contribution in [2.45, 2.75) is 36.9 Å². The molecule has 3 aliphatic heterocycles. The number of nitrogens with zero attached hydrogens (tertiary/aromatic N) is 5. The van der Waals surface area contributed by atoms with Crippen molar-refractivity contribution in [2.24, 2.45) is 0 Å². The molecule has 0 spiro atoms. The molecule has 2 aromatic heterocycles. The van der Waals surface area contributed by atoms with Crippen LogP contribution in [0.2, 0.25) is 5.02 Å². The second-order valence-electron chi connectivity index (χ2n) is 11.8. The second-order valence-corrected chi connectivity index (χ2v) is 13.3. The van der Waals surface area contributed by atoms with Crippen LogP contribution >= 0.6 is 22.9 Å². The summed E-state index contributed by atoms with van der Waals surface area (Å²) in [6.45, 7) is 0.159. The molecule has 0 unspecified atom stereocenters. The molecule has 0 saturated carbocycles. The Morgan fingerprint density at radius 1 is 1.24 bits per heavy atom. The molecule has 15 heteroatoms. The molecule has 0 bridgehead atoms. The molecular formula is C30H27ClF5N7OS. The number of ether oxygens (including phenoxy) is 1. The van der Waals surface area contributed by atoms with E-state index in [9.17, 15) is 22.8 Å². The summed E-state index contributed by atoms with van der Waals surface area (Å²) in [7, 11) is 0. The number of nitriles is 1. The van der Waals surface area contributed by atoms with E-state index >= 15 is 4.39 Å². The number of aromatic nitrogens is 2. The Bertz CT molecular complexity index is 1880. The number of alkyl halides is 3. The van der Waals surface area contributed by atoms with E-state index in [-0.39, 0.29) is 85.6 Å². The van der Waals surface area contributed by atoms with Crippen molar-refractivity contribution in [3.63, 3.8) is 0 Å². The van der Waals surface area contributed by atoms with Gasteiger partial charge in [0.05, 0.1) is 33.9 Å². The molecule has 3 fully saturated rings. The van der Waals surface area contributed by atoms with Crippen molar-refractivity contribution in [1.29, 1.82) is 5.26 Å². The Labute approximate surface area is 263 Å². The smallest absolute Gasteiger partial charge is 0.319 e. The summed E-state index contributed by atoms with van der Waals surface area (Å²) in [5, 5.41) is 12.6. The molecule has 3 aliphatic rings. The zero-order valence-corrected chi connectivity index (χ0v) is 25.4. The van der Waals surface area contributed by atoms with Gasteiger partial charge in [-0.3, -0.25) is 4.90 Å². The van der Waals surface area contributed by atoms with Crippen LogP contribution in [0.1, 0.15) is 24.8 Å². The maximum absolute atomic E-state index is 16.8. The van der Waals surface area contributed by atoms with E-state index in [2.05, 4.69) is 15.3 Å². The summed E-state index contributed by atoms with van der Waals surface area (Å²) in [5.41, 5.74) is 5.11. The van der Waals surface area contributed by atoms with Crippen LogP contribution in [0.25, 0.3) is 32.1 Å². The van der Waals surface area contributed by atoms with Gasteiger partial charge in [0.1, 0.15) is 41.0 Å². The standard InChI is InChI=1S/C30H27ClF5N7OS/c31-19-8-17-24(23(34)22(19)16-2-3-20(33)25-21(16)18(10-37)26(38)45-25)40-28(41-27(17)42-7-5-39-12-30(35,36)13-42)44-14-29-4-1-6-43(29)11-15(32)9-29/h2-3,8,15,39H,1,4-7,9,11-14,38H2/t15-,29+/m1/s1. The van der Waals surface area contributed by atoms with Crippen molar-refractivity contribution in [3.05, 3.63) is 40.4 Å². The Morgan fingerprint density at radius 3 is 2.87 bits per heavy atom. The number of hydrogen-bond acceptors (Lipinski definition) is 9. The summed E-state index contributed by atoms with van der Waals surface area (Å²) in [4.78, 5) is 12.2. The molecule has 0 aliphatic carbocycles. The van der Waals surface area contributed by atoms with Crippen LogP contribution in [0, 0.1) is 23.0 Å². The third-order valence-corrected chi connectivity index (χ3v) is 10.3. The van der Waals surface area contributed by atoms with Gasteiger partial charge in [-0.1, -0.05) is 17.7 Å². The van der Waals surface area contributed by atoms with Crippen molar-refractivity contribution < 1.29 is 26.7 Å². The van der Waals surface area contributed by atoms with Gasteiger partial charge >= 0.3 is 6.01 Å². The van der Waals surface area contributed by atoms with E-state index < -0.39 is 42.4 Å². The van der Waals surface area contributed by atoms with Crippen LogP contribution in [0.3, 0.4) is 0 Å². The van der Waals surface area contributed by atoms with Gasteiger partial charge in [0.25, 0.3) is 5.92 Å². The number of benzene rings is 2. The Balaban J connectivity index is 1.41. The first-order chi connectivity index (χ1) is 21.5. The van der Waals surface area contributed by atoms with Gasteiger partial charge < -0.3 is 20.7 Å². The number of rotatable bonds is 5. The highest BCUT2D eigenvalue weighted by molar-refractivity contribution is 7.23.